The average molecular weight is 341 g/mol. The van der Waals surface area contributed by atoms with E-state index in [-0.39, 0.29) is 29.4 Å². The molecular formula is C15H23N3O4S. The van der Waals surface area contributed by atoms with Crippen molar-refractivity contribution in [3.63, 3.8) is 0 Å². The van der Waals surface area contributed by atoms with Gasteiger partial charge in [0.25, 0.3) is 0 Å². The lowest BCUT2D eigenvalue weighted by atomic mass is 10.1. The van der Waals surface area contributed by atoms with Crippen LogP contribution in [-0.2, 0) is 14.6 Å². The number of carbonyl (C=O) groups excluding carboxylic acids is 2. The van der Waals surface area contributed by atoms with Crippen LogP contribution in [-0.4, -0.2) is 52.2 Å². The molecule has 0 radical (unpaired) electrons. The maximum atomic E-state index is 12.1. The maximum Gasteiger partial charge on any atom is 0.318 e. The van der Waals surface area contributed by atoms with Crippen molar-refractivity contribution in [2.45, 2.75) is 24.3 Å². The van der Waals surface area contributed by atoms with Gasteiger partial charge in [0.1, 0.15) is 6.54 Å². The van der Waals surface area contributed by atoms with Crippen LogP contribution in [0.3, 0.4) is 0 Å². The smallest absolute Gasteiger partial charge is 0.318 e. The zero-order chi connectivity index (χ0) is 17.6. The number of amides is 3. The third-order valence-corrected chi connectivity index (χ3v) is 4.55. The first-order valence-corrected chi connectivity index (χ1v) is 9.10. The summed E-state index contributed by atoms with van der Waals surface area (Å²) in [4.78, 5) is 24.9. The molecular weight excluding hydrogens is 318 g/mol. The number of nitrogens with zero attached hydrogens (tertiary/aromatic N) is 1. The Morgan fingerprint density at radius 1 is 1.22 bits per heavy atom. The van der Waals surface area contributed by atoms with Crippen LogP contribution >= 0.6 is 0 Å². The highest BCUT2D eigenvalue weighted by molar-refractivity contribution is 7.90. The Hall–Kier alpha value is -2.09. The molecule has 0 aliphatic heterocycles. The second-order valence-corrected chi connectivity index (χ2v) is 7.30. The van der Waals surface area contributed by atoms with Crippen molar-refractivity contribution in [3.8, 4) is 0 Å². The number of hydrogen-bond acceptors (Lipinski definition) is 4. The first-order chi connectivity index (χ1) is 10.7. The number of carbonyl (C=O) groups is 2. The SMILES string of the molecule is CCC(NC(=O)N(C)CC(=O)NC)c1ccc(S(C)(=O)=O)cc1. The van der Waals surface area contributed by atoms with Crippen molar-refractivity contribution in [1.82, 2.24) is 15.5 Å². The van der Waals surface area contributed by atoms with Crippen LogP contribution in [0.2, 0.25) is 0 Å². The topological polar surface area (TPSA) is 95.6 Å². The molecule has 1 atom stereocenters. The Labute approximate surface area is 137 Å². The molecule has 23 heavy (non-hydrogen) atoms. The largest absolute Gasteiger partial charge is 0.358 e. The minimum absolute atomic E-state index is 0.0359. The summed E-state index contributed by atoms with van der Waals surface area (Å²) in [5.74, 6) is -0.256. The summed E-state index contributed by atoms with van der Waals surface area (Å²) in [6.07, 6.45) is 1.78. The van der Waals surface area contributed by atoms with Crippen LogP contribution < -0.4 is 10.6 Å². The van der Waals surface area contributed by atoms with E-state index in [2.05, 4.69) is 10.6 Å². The summed E-state index contributed by atoms with van der Waals surface area (Å²) in [6.45, 7) is 1.87. The van der Waals surface area contributed by atoms with E-state index in [1.165, 1.54) is 31.1 Å². The fraction of sp³-hybridized carbons (Fsp3) is 0.467. The summed E-state index contributed by atoms with van der Waals surface area (Å²) < 4.78 is 22.9. The van der Waals surface area contributed by atoms with Crippen molar-refractivity contribution >= 4 is 21.8 Å². The highest BCUT2D eigenvalue weighted by Crippen LogP contribution is 2.19. The third kappa shape index (κ3) is 5.55. The molecule has 7 nitrogen and oxygen atoms in total. The van der Waals surface area contributed by atoms with Gasteiger partial charge in [-0.3, -0.25) is 4.79 Å². The van der Waals surface area contributed by atoms with Gasteiger partial charge in [-0.2, -0.15) is 0 Å². The van der Waals surface area contributed by atoms with E-state index in [1.807, 2.05) is 6.92 Å². The van der Waals surface area contributed by atoms with Gasteiger partial charge in [0, 0.05) is 20.4 Å². The molecule has 2 N–H and O–H groups in total. The number of sulfone groups is 1. The molecule has 0 heterocycles. The van der Waals surface area contributed by atoms with Crippen molar-refractivity contribution in [2.24, 2.45) is 0 Å². The van der Waals surface area contributed by atoms with Gasteiger partial charge in [-0.15, -0.1) is 0 Å². The van der Waals surface area contributed by atoms with E-state index in [9.17, 15) is 18.0 Å². The molecule has 1 unspecified atom stereocenters. The van der Waals surface area contributed by atoms with E-state index in [4.69, 9.17) is 0 Å². The monoisotopic (exact) mass is 341 g/mol. The molecule has 128 valence electrons. The fourth-order valence-corrected chi connectivity index (χ4v) is 2.62. The van der Waals surface area contributed by atoms with Gasteiger partial charge in [0.15, 0.2) is 9.84 Å². The molecule has 0 bridgehead atoms. The maximum absolute atomic E-state index is 12.1. The zero-order valence-corrected chi connectivity index (χ0v) is 14.6. The normalized spacial score (nSPS) is 12.3. The van der Waals surface area contributed by atoms with Gasteiger partial charge >= 0.3 is 6.03 Å². The predicted molar refractivity (Wildman–Crippen MR) is 87.8 cm³/mol. The summed E-state index contributed by atoms with van der Waals surface area (Å²) >= 11 is 0. The van der Waals surface area contributed by atoms with Crippen LogP contribution in [0.1, 0.15) is 24.9 Å². The number of benzene rings is 1. The van der Waals surface area contributed by atoms with E-state index in [1.54, 1.807) is 12.1 Å². The van der Waals surface area contributed by atoms with E-state index >= 15 is 0 Å². The third-order valence-electron chi connectivity index (χ3n) is 3.42. The minimum Gasteiger partial charge on any atom is -0.358 e. The van der Waals surface area contributed by atoms with Gasteiger partial charge in [-0.1, -0.05) is 19.1 Å². The summed E-state index contributed by atoms with van der Waals surface area (Å²) in [5.41, 5.74) is 0.807. The van der Waals surface area contributed by atoms with E-state index in [0.29, 0.717) is 6.42 Å². The first-order valence-electron chi connectivity index (χ1n) is 7.21. The second-order valence-electron chi connectivity index (χ2n) is 5.28. The van der Waals surface area contributed by atoms with Crippen molar-refractivity contribution in [1.29, 1.82) is 0 Å². The van der Waals surface area contributed by atoms with Gasteiger partial charge in [0.2, 0.25) is 5.91 Å². The predicted octanol–water partition coefficient (Wildman–Crippen LogP) is 0.929. The molecule has 0 aliphatic rings. The first kappa shape index (κ1) is 19.0. The molecule has 8 heteroatoms. The van der Waals surface area contributed by atoms with Crippen LogP contribution in [0, 0.1) is 0 Å². The Balaban J connectivity index is 2.80. The zero-order valence-electron chi connectivity index (χ0n) is 13.8. The lowest BCUT2D eigenvalue weighted by Crippen LogP contribution is -2.43. The molecule has 0 saturated carbocycles. The standard InChI is InChI=1S/C15H23N3O4S/c1-5-13(17-15(20)18(3)10-14(19)16-2)11-6-8-12(9-7-11)23(4,21)22/h6-9,13H,5,10H2,1-4H3,(H,16,19)(H,17,20). The lowest BCUT2D eigenvalue weighted by Gasteiger charge is -2.22. The van der Waals surface area contributed by atoms with Gasteiger partial charge in [-0.25, -0.2) is 13.2 Å². The van der Waals surface area contributed by atoms with Gasteiger partial charge in [-0.05, 0) is 24.1 Å². The summed E-state index contributed by atoms with van der Waals surface area (Å²) in [5, 5.41) is 5.28. The second kappa shape index (κ2) is 7.96. The molecule has 1 aromatic rings. The Kier molecular flexibility index (Phi) is 6.56. The van der Waals surface area contributed by atoms with Crippen molar-refractivity contribution < 1.29 is 18.0 Å². The Bertz CT molecular complexity index is 656. The number of likely N-dealkylation sites (N-methyl/N-ethyl adjacent to an activating group) is 2. The lowest BCUT2D eigenvalue weighted by molar-refractivity contribution is -0.121. The van der Waals surface area contributed by atoms with Crippen LogP contribution in [0.25, 0.3) is 0 Å². The number of rotatable bonds is 6. The summed E-state index contributed by atoms with van der Waals surface area (Å²) in [7, 11) is -0.207. The van der Waals surface area contributed by atoms with Crippen LogP contribution in [0.5, 0.6) is 0 Å². The van der Waals surface area contributed by atoms with Gasteiger partial charge in [0.05, 0.1) is 10.9 Å². The highest BCUT2D eigenvalue weighted by atomic mass is 32.2. The fourth-order valence-electron chi connectivity index (χ4n) is 1.99. The number of hydrogen-bond donors (Lipinski definition) is 2. The average Bonchev–Trinajstić information content (AvgIpc) is 2.51. The van der Waals surface area contributed by atoms with Gasteiger partial charge < -0.3 is 15.5 Å². The number of nitrogens with one attached hydrogen (secondary N) is 2. The molecule has 0 aliphatic carbocycles. The molecule has 0 saturated heterocycles. The Morgan fingerprint density at radius 3 is 2.22 bits per heavy atom. The molecule has 0 fully saturated rings. The number of urea groups is 1. The van der Waals surface area contributed by atoms with Crippen LogP contribution in [0.15, 0.2) is 29.2 Å². The summed E-state index contributed by atoms with van der Waals surface area (Å²) in [6, 6.07) is 5.78. The molecule has 1 aromatic carbocycles. The molecule has 1 rings (SSSR count). The molecule has 3 amide bonds. The van der Waals surface area contributed by atoms with Crippen LogP contribution in [0.4, 0.5) is 4.79 Å². The van der Waals surface area contributed by atoms with Crippen molar-refractivity contribution in [2.75, 3.05) is 26.9 Å². The highest BCUT2D eigenvalue weighted by Gasteiger charge is 2.18. The van der Waals surface area contributed by atoms with E-state index < -0.39 is 9.84 Å². The van der Waals surface area contributed by atoms with E-state index in [0.717, 1.165) is 11.8 Å². The van der Waals surface area contributed by atoms with Crippen molar-refractivity contribution in [3.05, 3.63) is 29.8 Å². The quantitative estimate of drug-likeness (QED) is 0.804. The molecule has 0 spiro atoms. The minimum atomic E-state index is -3.24. The molecule has 0 aromatic heterocycles. The Morgan fingerprint density at radius 2 is 1.78 bits per heavy atom.